The summed E-state index contributed by atoms with van der Waals surface area (Å²) in [5.41, 5.74) is 0.892. The maximum absolute atomic E-state index is 12.9. The van der Waals surface area contributed by atoms with Gasteiger partial charge >= 0.3 is 11.9 Å². The van der Waals surface area contributed by atoms with E-state index in [0.717, 1.165) is 26.1 Å². The quantitative estimate of drug-likeness (QED) is 0.665. The number of carbonyl (C=O) groups excluding carboxylic acids is 1. The van der Waals surface area contributed by atoms with E-state index in [9.17, 15) is 4.79 Å². The Morgan fingerprint density at radius 1 is 1.12 bits per heavy atom. The monoisotopic (exact) mass is 350 g/mol. The number of likely N-dealkylation sites (N-methyl/N-ethyl adjacent to an activating group) is 1. The molecule has 0 heterocycles. The Balaban J connectivity index is 0.000000450. The summed E-state index contributed by atoms with van der Waals surface area (Å²) in [6.45, 7) is 6.58. The van der Waals surface area contributed by atoms with Crippen molar-refractivity contribution in [2.75, 3.05) is 26.7 Å². The van der Waals surface area contributed by atoms with Crippen LogP contribution >= 0.6 is 0 Å². The summed E-state index contributed by atoms with van der Waals surface area (Å²) >= 11 is 0. The summed E-state index contributed by atoms with van der Waals surface area (Å²) in [7, 11) is 1.95. The van der Waals surface area contributed by atoms with Crippen LogP contribution < -0.4 is 5.32 Å². The van der Waals surface area contributed by atoms with Crippen LogP contribution in [-0.4, -0.2) is 59.6 Å². The molecule has 0 bridgehead atoms. The van der Waals surface area contributed by atoms with Crippen LogP contribution in [0, 0.1) is 5.92 Å². The number of aliphatic carboxylic acids is 2. The molecule has 0 saturated heterocycles. The predicted octanol–water partition coefficient (Wildman–Crippen LogP) is 1.19. The zero-order valence-corrected chi connectivity index (χ0v) is 14.9. The van der Waals surface area contributed by atoms with E-state index in [4.69, 9.17) is 19.8 Å². The van der Waals surface area contributed by atoms with Gasteiger partial charge < -0.3 is 20.4 Å². The lowest BCUT2D eigenvalue weighted by Crippen LogP contribution is -2.41. The number of hydrogen-bond donors (Lipinski definition) is 3. The lowest BCUT2D eigenvalue weighted by molar-refractivity contribution is -0.159. The summed E-state index contributed by atoms with van der Waals surface area (Å²) in [6, 6.07) is 10.3. The summed E-state index contributed by atoms with van der Waals surface area (Å²) in [6.07, 6.45) is 0.965. The van der Waals surface area contributed by atoms with Crippen molar-refractivity contribution in [3.8, 4) is 0 Å². The Kier molecular flexibility index (Phi) is 7.57. The Morgan fingerprint density at radius 2 is 1.64 bits per heavy atom. The van der Waals surface area contributed by atoms with Gasteiger partial charge in [0.15, 0.2) is 0 Å². The van der Waals surface area contributed by atoms with E-state index in [0.29, 0.717) is 11.8 Å². The fourth-order valence-corrected chi connectivity index (χ4v) is 3.09. The minimum absolute atomic E-state index is 0.281. The molecule has 1 aliphatic carbocycles. The maximum Gasteiger partial charge on any atom is 0.414 e. The number of carboxylic acid groups (broad SMARTS) is 2. The van der Waals surface area contributed by atoms with Crippen LogP contribution in [0.25, 0.3) is 0 Å². The third-order valence-corrected chi connectivity index (χ3v) is 4.46. The van der Waals surface area contributed by atoms with Crippen LogP contribution in [0.15, 0.2) is 30.3 Å². The number of benzene rings is 1. The first-order valence-corrected chi connectivity index (χ1v) is 8.30. The number of nitrogens with one attached hydrogen (secondary N) is 1. The van der Waals surface area contributed by atoms with E-state index in [1.54, 1.807) is 0 Å². The molecule has 0 radical (unpaired) electrons. The number of carbonyl (C=O) groups is 3. The Hall–Kier alpha value is -2.41. The fraction of sp³-hybridized carbons (Fsp3) is 0.500. The Bertz CT molecular complexity index is 589. The lowest BCUT2D eigenvalue weighted by Gasteiger charge is -2.26. The molecule has 1 saturated carbocycles. The van der Waals surface area contributed by atoms with E-state index >= 15 is 0 Å². The molecule has 0 spiro atoms. The summed E-state index contributed by atoms with van der Waals surface area (Å²) < 4.78 is 0. The number of nitrogens with zero attached hydrogens (tertiary/aromatic N) is 1. The average molecular weight is 350 g/mol. The second-order valence-corrected chi connectivity index (χ2v) is 5.88. The molecule has 1 fully saturated rings. The molecule has 138 valence electrons. The summed E-state index contributed by atoms with van der Waals surface area (Å²) in [5.74, 6) is -2.93. The first kappa shape index (κ1) is 20.6. The Labute approximate surface area is 147 Å². The van der Waals surface area contributed by atoms with E-state index in [1.165, 1.54) is 5.56 Å². The van der Waals surface area contributed by atoms with Crippen molar-refractivity contribution < 1.29 is 24.6 Å². The van der Waals surface area contributed by atoms with E-state index in [1.807, 2.05) is 30.1 Å². The molecule has 2 rings (SSSR count). The fourth-order valence-electron chi connectivity index (χ4n) is 3.09. The molecule has 1 amide bonds. The van der Waals surface area contributed by atoms with Gasteiger partial charge in [-0.2, -0.15) is 0 Å². The molecule has 25 heavy (non-hydrogen) atoms. The highest BCUT2D eigenvalue weighted by Gasteiger charge is 2.61. The molecule has 2 atom stereocenters. The molecule has 1 unspecified atom stereocenters. The highest BCUT2D eigenvalue weighted by molar-refractivity contribution is 6.27. The van der Waals surface area contributed by atoms with Gasteiger partial charge in [-0.1, -0.05) is 30.3 Å². The molecule has 1 aromatic rings. The van der Waals surface area contributed by atoms with Crippen LogP contribution in [0.4, 0.5) is 0 Å². The second kappa shape index (κ2) is 9.17. The van der Waals surface area contributed by atoms with Gasteiger partial charge in [0.1, 0.15) is 0 Å². The third-order valence-electron chi connectivity index (χ3n) is 4.46. The van der Waals surface area contributed by atoms with Crippen molar-refractivity contribution in [3.05, 3.63) is 35.9 Å². The zero-order chi connectivity index (χ0) is 19.0. The van der Waals surface area contributed by atoms with E-state index < -0.39 is 11.9 Å². The van der Waals surface area contributed by atoms with Gasteiger partial charge in [0.05, 0.1) is 5.41 Å². The molecule has 7 heteroatoms. The van der Waals surface area contributed by atoms with Crippen LogP contribution in [0.5, 0.6) is 0 Å². The number of carboxylic acids is 2. The van der Waals surface area contributed by atoms with Crippen molar-refractivity contribution >= 4 is 17.8 Å². The van der Waals surface area contributed by atoms with Crippen molar-refractivity contribution in [2.24, 2.45) is 5.92 Å². The molecule has 0 aliphatic heterocycles. The number of amides is 1. The van der Waals surface area contributed by atoms with E-state index in [2.05, 4.69) is 31.3 Å². The zero-order valence-electron chi connectivity index (χ0n) is 14.9. The number of rotatable bonds is 6. The van der Waals surface area contributed by atoms with Crippen LogP contribution in [0.3, 0.4) is 0 Å². The van der Waals surface area contributed by atoms with E-state index in [-0.39, 0.29) is 5.41 Å². The standard InChI is InChI=1S/C16H24N2O.C2H2O4/c1-4-18(5-2)15(19)16(11-14(16)12-17-3)13-9-7-6-8-10-13;3-1(4)2(5)6/h6-10,14,17H,4-5,11-12H2,1-3H3;(H,3,4)(H,5,6)/t14?,16-;/m1./s1. The minimum Gasteiger partial charge on any atom is -0.473 e. The maximum atomic E-state index is 12.9. The molecule has 3 N–H and O–H groups in total. The Morgan fingerprint density at radius 3 is 2.04 bits per heavy atom. The van der Waals surface area contributed by atoms with Gasteiger partial charge in [-0.3, -0.25) is 4.79 Å². The SMILES string of the molecule is CCN(CC)C(=O)[C@@]1(c2ccccc2)CC1CNC.O=C(O)C(=O)O. The lowest BCUT2D eigenvalue weighted by atomic mass is 9.91. The summed E-state index contributed by atoms with van der Waals surface area (Å²) in [4.78, 5) is 33.0. The van der Waals surface area contributed by atoms with Crippen molar-refractivity contribution in [3.63, 3.8) is 0 Å². The van der Waals surface area contributed by atoms with Gasteiger partial charge in [0.2, 0.25) is 5.91 Å². The molecule has 1 aromatic carbocycles. The molecule has 7 nitrogen and oxygen atoms in total. The second-order valence-electron chi connectivity index (χ2n) is 5.88. The third kappa shape index (κ3) is 4.79. The average Bonchev–Trinajstić information content (AvgIpc) is 3.32. The van der Waals surface area contributed by atoms with Crippen LogP contribution in [-0.2, 0) is 19.8 Å². The van der Waals surface area contributed by atoms with Gasteiger partial charge in [0.25, 0.3) is 0 Å². The first-order chi connectivity index (χ1) is 11.8. The predicted molar refractivity (Wildman–Crippen MR) is 93.4 cm³/mol. The minimum atomic E-state index is -1.82. The van der Waals surface area contributed by atoms with Crippen molar-refractivity contribution in [2.45, 2.75) is 25.7 Å². The first-order valence-electron chi connectivity index (χ1n) is 8.30. The highest BCUT2D eigenvalue weighted by Crippen LogP contribution is 2.55. The smallest absolute Gasteiger partial charge is 0.414 e. The normalized spacial score (nSPS) is 20.8. The largest absolute Gasteiger partial charge is 0.473 e. The van der Waals surface area contributed by atoms with Crippen LogP contribution in [0.2, 0.25) is 0 Å². The molecule has 0 aromatic heterocycles. The molecule has 1 aliphatic rings. The van der Waals surface area contributed by atoms with Gasteiger partial charge in [0, 0.05) is 13.1 Å². The van der Waals surface area contributed by atoms with Crippen molar-refractivity contribution in [1.29, 1.82) is 0 Å². The summed E-state index contributed by atoms with van der Waals surface area (Å²) in [5, 5.41) is 18.0. The number of hydrogen-bond acceptors (Lipinski definition) is 4. The molecular weight excluding hydrogens is 324 g/mol. The van der Waals surface area contributed by atoms with Crippen LogP contribution in [0.1, 0.15) is 25.8 Å². The van der Waals surface area contributed by atoms with Gasteiger partial charge in [-0.25, -0.2) is 9.59 Å². The van der Waals surface area contributed by atoms with Gasteiger partial charge in [-0.05, 0) is 45.3 Å². The van der Waals surface area contributed by atoms with Gasteiger partial charge in [-0.15, -0.1) is 0 Å². The van der Waals surface area contributed by atoms with Crippen molar-refractivity contribution in [1.82, 2.24) is 10.2 Å². The topological polar surface area (TPSA) is 107 Å². The highest BCUT2D eigenvalue weighted by atomic mass is 16.4. The molecular formula is C18H26N2O5.